The quantitative estimate of drug-likeness (QED) is 0.0146. The molecule has 0 aliphatic carbocycles. The van der Waals surface area contributed by atoms with Gasteiger partial charge in [0.25, 0.3) is 0 Å². The SMILES string of the molecule is CC/C=C\C/C=C\C/C=C\C/C=C\CCCCCCCCC(=O)OCC(O)COP(=O)(O)OCC(O)COP(=O)(O)OCC(COC(=O)CCCCCC/C=C\C/C=C\C/C=C\C/C=C\CC)OC(=O)CCCCCCCCCCCCCCCCC. The van der Waals surface area contributed by atoms with Crippen molar-refractivity contribution in [3.63, 3.8) is 0 Å². The van der Waals surface area contributed by atoms with Gasteiger partial charge in [0.1, 0.15) is 25.4 Å². The molecule has 0 rings (SSSR count). The number of phosphoric acid groups is 2. The van der Waals surface area contributed by atoms with Crippen molar-refractivity contribution in [2.45, 2.75) is 283 Å². The zero-order chi connectivity index (χ0) is 63.8. The van der Waals surface area contributed by atoms with Crippen LogP contribution in [0.4, 0.5) is 0 Å². The van der Waals surface area contributed by atoms with Crippen LogP contribution in [0.1, 0.15) is 265 Å². The van der Waals surface area contributed by atoms with Crippen LogP contribution in [0.15, 0.2) is 97.2 Å². The molecule has 5 unspecified atom stereocenters. The molecule has 0 radical (unpaired) electrons. The Balaban J connectivity index is 4.70. The van der Waals surface area contributed by atoms with E-state index in [-0.39, 0.29) is 19.3 Å². The summed E-state index contributed by atoms with van der Waals surface area (Å²) in [5.41, 5.74) is 0. The molecule has 0 amide bonds. The van der Waals surface area contributed by atoms with Gasteiger partial charge in [-0.25, -0.2) is 9.13 Å². The second kappa shape index (κ2) is 62.7. The van der Waals surface area contributed by atoms with Gasteiger partial charge in [0.15, 0.2) is 6.10 Å². The van der Waals surface area contributed by atoms with Gasteiger partial charge in [0.05, 0.1) is 26.4 Å². The molecule has 0 aliphatic rings. The number of aliphatic hydroxyl groups is 2. The van der Waals surface area contributed by atoms with Crippen molar-refractivity contribution < 1.29 is 75.8 Å². The van der Waals surface area contributed by atoms with Crippen molar-refractivity contribution in [1.82, 2.24) is 0 Å². The predicted molar refractivity (Wildman–Crippen MR) is 353 cm³/mol. The van der Waals surface area contributed by atoms with E-state index in [0.29, 0.717) is 19.3 Å². The number of carbonyl (C=O) groups excluding carboxylic acids is 3. The van der Waals surface area contributed by atoms with Crippen molar-refractivity contribution in [3.8, 4) is 0 Å². The standard InChI is InChI=1S/C69H120O16P2/c1-4-7-10-13-16-19-22-25-28-30-31-33-36-37-40-43-46-49-52-55-67(72)79-58-64(70)59-81-86(75,76)82-60-65(71)61-83-87(77,78)84-63-66(85-69(74)57-54-51-48-45-42-39-34-27-24-21-18-15-12-9-6-3)62-80-68(73)56-53-50-47-44-41-38-35-32-29-26-23-20-17-14-11-8-5-2/h7-8,10-11,16-17,19-20,25-26,28-29,31,33,35,38,64-66,70-71H,4-6,9,12-15,18,21-24,27,30,32,34,36-37,39-63H2,1-3H3,(H,75,76)(H,77,78)/b10-7-,11-8-,19-16-,20-17-,28-25-,29-26-,33-31-,38-35-. The Morgan fingerprint density at radius 3 is 0.966 bits per heavy atom. The largest absolute Gasteiger partial charge is 0.472 e. The summed E-state index contributed by atoms with van der Waals surface area (Å²) in [4.78, 5) is 58.3. The molecular formula is C69H120O16P2. The third-order valence-electron chi connectivity index (χ3n) is 13.8. The smallest absolute Gasteiger partial charge is 0.463 e. The number of allylic oxidation sites excluding steroid dienone is 16. The van der Waals surface area contributed by atoms with E-state index in [4.69, 9.17) is 32.3 Å². The number of rotatable bonds is 63. The maximum atomic E-state index is 12.9. The lowest BCUT2D eigenvalue weighted by atomic mass is 10.0. The van der Waals surface area contributed by atoms with Gasteiger partial charge in [-0.1, -0.05) is 246 Å². The van der Waals surface area contributed by atoms with Gasteiger partial charge in [-0.15, -0.1) is 0 Å². The van der Waals surface area contributed by atoms with Crippen LogP contribution in [0.5, 0.6) is 0 Å². The first-order chi connectivity index (χ1) is 42.2. The monoisotopic (exact) mass is 1270 g/mol. The minimum atomic E-state index is -4.93. The lowest BCUT2D eigenvalue weighted by Crippen LogP contribution is -2.30. The Labute approximate surface area is 527 Å². The lowest BCUT2D eigenvalue weighted by molar-refractivity contribution is -0.161. The number of hydrogen-bond acceptors (Lipinski definition) is 14. The van der Waals surface area contributed by atoms with Gasteiger partial charge >= 0.3 is 33.6 Å². The summed E-state index contributed by atoms with van der Waals surface area (Å²) in [6.07, 6.45) is 67.4. The summed E-state index contributed by atoms with van der Waals surface area (Å²) in [5, 5.41) is 20.5. The van der Waals surface area contributed by atoms with E-state index in [2.05, 4.69) is 118 Å². The van der Waals surface area contributed by atoms with Gasteiger partial charge in [0.2, 0.25) is 0 Å². The molecule has 0 saturated carbocycles. The van der Waals surface area contributed by atoms with E-state index in [0.717, 1.165) is 141 Å². The van der Waals surface area contributed by atoms with Crippen LogP contribution in [0.25, 0.3) is 0 Å². The Hall–Kier alpha value is -3.53. The number of ether oxygens (including phenoxy) is 3. The summed E-state index contributed by atoms with van der Waals surface area (Å²) < 4.78 is 60.8. The molecule has 16 nitrogen and oxygen atoms in total. The molecule has 18 heteroatoms. The van der Waals surface area contributed by atoms with E-state index in [1.165, 1.54) is 64.2 Å². The number of carbonyl (C=O) groups is 3. The fourth-order valence-electron chi connectivity index (χ4n) is 8.73. The van der Waals surface area contributed by atoms with E-state index in [1.54, 1.807) is 0 Å². The number of esters is 3. The molecule has 502 valence electrons. The molecule has 0 saturated heterocycles. The second-order valence-electron chi connectivity index (χ2n) is 22.2. The molecule has 87 heavy (non-hydrogen) atoms. The van der Waals surface area contributed by atoms with Crippen LogP contribution in [-0.4, -0.2) is 95.9 Å². The van der Waals surface area contributed by atoms with Crippen LogP contribution in [-0.2, 0) is 55.8 Å². The zero-order valence-electron chi connectivity index (χ0n) is 54.2. The maximum absolute atomic E-state index is 12.9. The van der Waals surface area contributed by atoms with Crippen molar-refractivity contribution in [1.29, 1.82) is 0 Å². The summed E-state index contributed by atoms with van der Waals surface area (Å²) in [7, 11) is -9.78. The highest BCUT2D eigenvalue weighted by molar-refractivity contribution is 7.47. The summed E-state index contributed by atoms with van der Waals surface area (Å²) in [6, 6.07) is 0. The van der Waals surface area contributed by atoms with E-state index in [9.17, 15) is 43.5 Å². The van der Waals surface area contributed by atoms with Gasteiger partial charge in [0, 0.05) is 19.3 Å². The van der Waals surface area contributed by atoms with Crippen LogP contribution >= 0.6 is 15.6 Å². The molecule has 0 heterocycles. The highest BCUT2D eigenvalue weighted by Gasteiger charge is 2.29. The summed E-state index contributed by atoms with van der Waals surface area (Å²) in [5.74, 6) is -1.61. The Kier molecular flexibility index (Phi) is 60.1. The lowest BCUT2D eigenvalue weighted by Gasteiger charge is -2.21. The molecule has 0 fully saturated rings. The molecule has 0 aliphatic heterocycles. The van der Waals surface area contributed by atoms with Gasteiger partial charge in [-0.05, 0) is 96.3 Å². The number of aliphatic hydroxyl groups excluding tert-OH is 2. The first-order valence-electron chi connectivity index (χ1n) is 33.5. The average Bonchev–Trinajstić information content (AvgIpc) is 3.68. The number of unbranched alkanes of at least 4 members (excludes halogenated alkanes) is 24. The highest BCUT2D eigenvalue weighted by atomic mass is 31.2. The van der Waals surface area contributed by atoms with Crippen LogP contribution in [0.2, 0.25) is 0 Å². The van der Waals surface area contributed by atoms with E-state index in [1.807, 2.05) is 0 Å². The fourth-order valence-corrected chi connectivity index (χ4v) is 10.3. The Morgan fingerprint density at radius 2 is 0.609 bits per heavy atom. The minimum Gasteiger partial charge on any atom is -0.463 e. The molecule has 0 aromatic carbocycles. The average molecular weight is 1270 g/mol. The normalized spacial score (nSPS) is 14.9. The minimum absolute atomic E-state index is 0.101. The third kappa shape index (κ3) is 63.8. The summed E-state index contributed by atoms with van der Waals surface area (Å²) in [6.45, 7) is 2.41. The van der Waals surface area contributed by atoms with Crippen molar-refractivity contribution in [3.05, 3.63) is 97.2 Å². The van der Waals surface area contributed by atoms with Crippen LogP contribution in [0, 0.1) is 0 Å². The van der Waals surface area contributed by atoms with E-state index < -0.39 is 91.5 Å². The number of hydrogen-bond donors (Lipinski definition) is 4. The number of phosphoric ester groups is 2. The molecule has 0 bridgehead atoms. The van der Waals surface area contributed by atoms with Crippen molar-refractivity contribution in [2.75, 3.05) is 39.6 Å². The van der Waals surface area contributed by atoms with Crippen molar-refractivity contribution >= 4 is 33.6 Å². The van der Waals surface area contributed by atoms with Gasteiger partial charge in [-0.3, -0.25) is 32.5 Å². The fraction of sp³-hybridized carbons (Fsp3) is 0.725. The van der Waals surface area contributed by atoms with Crippen LogP contribution < -0.4 is 0 Å². The Bertz CT molecular complexity index is 1980. The molecule has 4 N–H and O–H groups in total. The first-order valence-corrected chi connectivity index (χ1v) is 36.5. The van der Waals surface area contributed by atoms with Crippen LogP contribution in [0.3, 0.4) is 0 Å². The second-order valence-corrected chi connectivity index (χ2v) is 25.1. The molecular weight excluding hydrogens is 1150 g/mol. The first kappa shape index (κ1) is 83.5. The zero-order valence-corrected chi connectivity index (χ0v) is 56.0. The Morgan fingerprint density at radius 1 is 0.333 bits per heavy atom. The van der Waals surface area contributed by atoms with E-state index >= 15 is 0 Å². The topological polar surface area (TPSA) is 231 Å². The van der Waals surface area contributed by atoms with Crippen molar-refractivity contribution in [2.24, 2.45) is 0 Å². The summed E-state index contributed by atoms with van der Waals surface area (Å²) >= 11 is 0. The third-order valence-corrected chi connectivity index (χ3v) is 15.7. The highest BCUT2D eigenvalue weighted by Crippen LogP contribution is 2.45. The van der Waals surface area contributed by atoms with Gasteiger partial charge in [-0.2, -0.15) is 0 Å². The molecule has 0 aromatic heterocycles. The predicted octanol–water partition coefficient (Wildman–Crippen LogP) is 18.3. The molecule has 5 atom stereocenters. The molecule has 0 aromatic rings. The van der Waals surface area contributed by atoms with Gasteiger partial charge < -0.3 is 34.2 Å². The molecule has 0 spiro atoms. The maximum Gasteiger partial charge on any atom is 0.472 e.